The largest absolute Gasteiger partial charge is 0.281 e. The summed E-state index contributed by atoms with van der Waals surface area (Å²) >= 11 is 1.40. The van der Waals surface area contributed by atoms with Crippen LogP contribution < -0.4 is 5.14 Å². The smallest absolute Gasteiger partial charge is 0.235 e. The Bertz CT molecular complexity index is 568. The third-order valence-electron chi connectivity index (χ3n) is 1.58. The first-order valence-electron chi connectivity index (χ1n) is 3.69. The molecule has 0 atom stereocenters. The Morgan fingerprint density at radius 1 is 1.56 bits per heavy atom. The van der Waals surface area contributed by atoms with Crippen LogP contribution in [0.25, 0.3) is 0 Å². The van der Waals surface area contributed by atoms with Crippen LogP contribution in [0.4, 0.5) is 8.78 Å². The van der Waals surface area contributed by atoms with Gasteiger partial charge in [-0.05, 0) is 28.7 Å². The number of nitrogens with two attached hydrogens (primary N) is 1. The molecular formula is C7H4F2IN3O2S. The molecule has 0 radical (unpaired) electrons. The highest BCUT2D eigenvalue weighted by Crippen LogP contribution is 2.27. The van der Waals surface area contributed by atoms with E-state index < -0.39 is 32.7 Å². The molecule has 0 amide bonds. The molecule has 0 saturated heterocycles. The Hall–Kier alpha value is -0.860. The molecule has 0 bridgehead atoms. The second-order valence-electron chi connectivity index (χ2n) is 2.66. The molecule has 5 nitrogen and oxygen atoms in total. The van der Waals surface area contributed by atoms with Gasteiger partial charge in [0.1, 0.15) is 22.4 Å². The molecule has 0 unspecified atom stereocenters. The summed E-state index contributed by atoms with van der Waals surface area (Å²) in [6.45, 7) is 0. The number of halogens is 3. The van der Waals surface area contributed by atoms with Gasteiger partial charge in [0.2, 0.25) is 10.0 Å². The molecule has 9 heteroatoms. The zero-order chi connectivity index (χ0) is 12.5. The Balaban J connectivity index is 3.65. The van der Waals surface area contributed by atoms with Crippen molar-refractivity contribution in [1.29, 1.82) is 5.26 Å². The highest BCUT2D eigenvalue weighted by molar-refractivity contribution is 14.1. The van der Waals surface area contributed by atoms with Crippen molar-refractivity contribution in [1.82, 2.24) is 4.98 Å². The summed E-state index contributed by atoms with van der Waals surface area (Å²) in [4.78, 5) is 2.81. The third kappa shape index (κ3) is 2.63. The van der Waals surface area contributed by atoms with Crippen LogP contribution in [-0.2, 0) is 10.0 Å². The molecule has 0 spiro atoms. The van der Waals surface area contributed by atoms with Crippen molar-refractivity contribution in [3.8, 4) is 6.07 Å². The number of pyridine rings is 1. The van der Waals surface area contributed by atoms with Gasteiger partial charge in [-0.2, -0.15) is 5.26 Å². The minimum Gasteiger partial charge on any atom is -0.235 e. The minimum atomic E-state index is -4.15. The number of alkyl halides is 2. The lowest BCUT2D eigenvalue weighted by Crippen LogP contribution is -2.16. The minimum absolute atomic E-state index is 0.269. The van der Waals surface area contributed by atoms with Crippen LogP contribution in [0.3, 0.4) is 0 Å². The van der Waals surface area contributed by atoms with Crippen LogP contribution in [0.2, 0.25) is 0 Å². The Labute approximate surface area is 103 Å². The van der Waals surface area contributed by atoms with Gasteiger partial charge in [0, 0.05) is 0 Å². The van der Waals surface area contributed by atoms with Crippen LogP contribution in [-0.4, -0.2) is 13.4 Å². The Kier molecular flexibility index (Phi) is 3.76. The van der Waals surface area contributed by atoms with Gasteiger partial charge >= 0.3 is 0 Å². The van der Waals surface area contributed by atoms with E-state index in [1.165, 1.54) is 28.7 Å². The standard InChI is InChI=1S/C7H4F2IN3O2S/c8-7(9)6-5(10)4(16(12,14)15)1-3(2-11)13-6/h1,7H,(H2,12,14,15). The van der Waals surface area contributed by atoms with E-state index in [1.54, 1.807) is 0 Å². The van der Waals surface area contributed by atoms with E-state index >= 15 is 0 Å². The lowest BCUT2D eigenvalue weighted by Gasteiger charge is -2.07. The maximum absolute atomic E-state index is 12.5. The summed E-state index contributed by atoms with van der Waals surface area (Å²) in [6.07, 6.45) is -2.97. The van der Waals surface area contributed by atoms with E-state index in [-0.39, 0.29) is 3.57 Å². The quantitative estimate of drug-likeness (QED) is 0.801. The molecular weight excluding hydrogens is 355 g/mol. The maximum Gasteiger partial charge on any atom is 0.281 e. The number of hydrogen-bond donors (Lipinski definition) is 1. The van der Waals surface area contributed by atoms with Crippen LogP contribution in [0, 0.1) is 14.9 Å². The molecule has 0 aliphatic carbocycles. The summed E-state index contributed by atoms with van der Waals surface area (Å²) in [7, 11) is -4.15. The van der Waals surface area contributed by atoms with Crippen LogP contribution >= 0.6 is 22.6 Å². The van der Waals surface area contributed by atoms with Gasteiger partial charge < -0.3 is 0 Å². The topological polar surface area (TPSA) is 96.8 Å². The van der Waals surface area contributed by atoms with Crippen molar-refractivity contribution in [3.63, 3.8) is 0 Å². The van der Waals surface area contributed by atoms with Crippen LogP contribution in [0.15, 0.2) is 11.0 Å². The van der Waals surface area contributed by atoms with E-state index in [4.69, 9.17) is 10.4 Å². The predicted molar refractivity (Wildman–Crippen MR) is 58.0 cm³/mol. The number of nitriles is 1. The highest BCUT2D eigenvalue weighted by Gasteiger charge is 2.23. The Morgan fingerprint density at radius 2 is 2.12 bits per heavy atom. The molecule has 0 aromatic carbocycles. The van der Waals surface area contributed by atoms with E-state index in [1.807, 2.05) is 0 Å². The van der Waals surface area contributed by atoms with Crippen molar-refractivity contribution < 1.29 is 17.2 Å². The molecule has 1 aromatic rings. The van der Waals surface area contributed by atoms with Crippen molar-refractivity contribution >= 4 is 32.6 Å². The fraction of sp³-hybridized carbons (Fsp3) is 0.143. The van der Waals surface area contributed by atoms with Gasteiger partial charge in [-0.3, -0.25) is 0 Å². The molecule has 0 saturated carbocycles. The first-order valence-corrected chi connectivity index (χ1v) is 6.31. The van der Waals surface area contributed by atoms with Crippen molar-refractivity contribution in [2.45, 2.75) is 11.3 Å². The summed E-state index contributed by atoms with van der Waals surface area (Å²) in [5.41, 5.74) is -1.18. The number of sulfonamides is 1. The maximum atomic E-state index is 12.5. The highest BCUT2D eigenvalue weighted by atomic mass is 127. The molecule has 16 heavy (non-hydrogen) atoms. The van der Waals surface area contributed by atoms with Gasteiger partial charge in [-0.1, -0.05) is 0 Å². The molecule has 86 valence electrons. The number of primary sulfonamides is 1. The lowest BCUT2D eigenvalue weighted by atomic mass is 10.3. The number of nitrogens with zero attached hydrogens (tertiary/aromatic N) is 2. The zero-order valence-corrected chi connectivity index (χ0v) is 10.5. The summed E-state index contributed by atoms with van der Waals surface area (Å²) in [5, 5.41) is 13.4. The van der Waals surface area contributed by atoms with Gasteiger partial charge in [0.15, 0.2) is 0 Å². The number of rotatable bonds is 2. The van der Waals surface area contributed by atoms with Gasteiger partial charge in [0.25, 0.3) is 6.43 Å². The molecule has 0 aliphatic rings. The van der Waals surface area contributed by atoms with E-state index in [9.17, 15) is 17.2 Å². The fourth-order valence-corrected chi connectivity index (χ4v) is 3.00. The molecule has 2 N–H and O–H groups in total. The van der Waals surface area contributed by atoms with Crippen molar-refractivity contribution in [2.24, 2.45) is 5.14 Å². The van der Waals surface area contributed by atoms with Crippen LogP contribution in [0.5, 0.6) is 0 Å². The first-order chi connectivity index (χ1) is 7.27. The normalized spacial score (nSPS) is 11.5. The molecule has 0 fully saturated rings. The van der Waals surface area contributed by atoms with Gasteiger partial charge in [-0.25, -0.2) is 27.3 Å². The fourth-order valence-electron chi connectivity index (χ4n) is 0.934. The number of hydrogen-bond acceptors (Lipinski definition) is 4. The monoisotopic (exact) mass is 359 g/mol. The molecule has 1 heterocycles. The van der Waals surface area contributed by atoms with Crippen molar-refractivity contribution in [3.05, 3.63) is 21.0 Å². The Morgan fingerprint density at radius 3 is 2.50 bits per heavy atom. The predicted octanol–water partition coefficient (Wildman–Crippen LogP) is 1.14. The summed E-state index contributed by atoms with van der Waals surface area (Å²) < 4.78 is 46.9. The SMILES string of the molecule is N#Cc1cc(S(N)(=O)=O)c(I)c(C(F)F)n1. The second kappa shape index (κ2) is 4.56. The van der Waals surface area contributed by atoms with Gasteiger partial charge in [-0.15, -0.1) is 0 Å². The third-order valence-corrected chi connectivity index (χ3v) is 4.01. The van der Waals surface area contributed by atoms with E-state index in [2.05, 4.69) is 4.98 Å². The molecule has 1 aromatic heterocycles. The first kappa shape index (κ1) is 13.2. The van der Waals surface area contributed by atoms with E-state index in [0.29, 0.717) is 0 Å². The average Bonchev–Trinajstić information content (AvgIpc) is 2.15. The summed E-state index contributed by atoms with van der Waals surface area (Å²) in [6, 6.07) is 2.36. The zero-order valence-electron chi connectivity index (χ0n) is 7.49. The van der Waals surface area contributed by atoms with Crippen LogP contribution in [0.1, 0.15) is 17.8 Å². The average molecular weight is 359 g/mol. The lowest BCUT2D eigenvalue weighted by molar-refractivity contribution is 0.144. The van der Waals surface area contributed by atoms with Crippen molar-refractivity contribution in [2.75, 3.05) is 0 Å². The second-order valence-corrected chi connectivity index (χ2v) is 5.27. The molecule has 1 rings (SSSR count). The summed E-state index contributed by atoms with van der Waals surface area (Å²) in [5.74, 6) is 0. The van der Waals surface area contributed by atoms with E-state index in [0.717, 1.165) is 6.07 Å². The van der Waals surface area contributed by atoms with Gasteiger partial charge in [0.05, 0.1) is 3.57 Å². The molecule has 0 aliphatic heterocycles. The number of aromatic nitrogens is 1.